The maximum Gasteiger partial charge on any atom is 0.170 e. The van der Waals surface area contributed by atoms with E-state index in [2.05, 4.69) is 0 Å². The standard InChI is InChI=1S/C30H36F3O3S/c1-28(2,3)34-25-16-19(10-13-22(25)31)37(20-11-14-23(32)26(17-20)35-29(4,5)6)21-12-15-24(33)27(18-21)36-30(7,8)9/h10-18H,1-9H3/q+1. The average molecular weight is 534 g/mol. The van der Waals surface area contributed by atoms with Gasteiger partial charge in [0.25, 0.3) is 0 Å². The molecule has 0 aliphatic rings. The predicted molar refractivity (Wildman–Crippen MR) is 143 cm³/mol. The summed E-state index contributed by atoms with van der Waals surface area (Å²) in [6.45, 7) is 16.5. The lowest BCUT2D eigenvalue weighted by atomic mass is 10.2. The van der Waals surface area contributed by atoms with E-state index in [1.165, 1.54) is 18.2 Å². The Morgan fingerprint density at radius 2 is 0.703 bits per heavy atom. The van der Waals surface area contributed by atoms with Crippen molar-refractivity contribution in [1.29, 1.82) is 0 Å². The highest BCUT2D eigenvalue weighted by Crippen LogP contribution is 2.39. The molecule has 0 radical (unpaired) electrons. The van der Waals surface area contributed by atoms with E-state index in [1.807, 2.05) is 62.3 Å². The van der Waals surface area contributed by atoms with Crippen LogP contribution in [0, 0.1) is 17.5 Å². The number of hydrogen-bond donors (Lipinski definition) is 0. The van der Waals surface area contributed by atoms with Crippen LogP contribution in [0.1, 0.15) is 62.3 Å². The lowest BCUT2D eigenvalue weighted by Gasteiger charge is -2.23. The van der Waals surface area contributed by atoms with Crippen molar-refractivity contribution in [2.75, 3.05) is 0 Å². The van der Waals surface area contributed by atoms with Crippen molar-refractivity contribution in [3.63, 3.8) is 0 Å². The summed E-state index contributed by atoms with van der Waals surface area (Å²) >= 11 is 0. The molecule has 0 saturated heterocycles. The molecule has 0 saturated carbocycles. The molecule has 0 bridgehead atoms. The zero-order valence-corrected chi connectivity index (χ0v) is 23.8. The fraction of sp³-hybridized carbons (Fsp3) is 0.400. The molecule has 3 rings (SSSR count). The van der Waals surface area contributed by atoms with E-state index in [1.54, 1.807) is 36.4 Å². The molecule has 0 fully saturated rings. The topological polar surface area (TPSA) is 27.7 Å². The van der Waals surface area contributed by atoms with Gasteiger partial charge >= 0.3 is 0 Å². The number of halogens is 3. The summed E-state index contributed by atoms with van der Waals surface area (Å²) in [7, 11) is -0.895. The molecule has 3 aromatic rings. The van der Waals surface area contributed by atoms with E-state index in [4.69, 9.17) is 14.2 Å². The second-order valence-electron chi connectivity index (χ2n) is 11.7. The van der Waals surface area contributed by atoms with Crippen molar-refractivity contribution >= 4 is 10.9 Å². The summed E-state index contributed by atoms with van der Waals surface area (Å²) in [6.07, 6.45) is 0. The van der Waals surface area contributed by atoms with Crippen LogP contribution in [-0.4, -0.2) is 16.8 Å². The van der Waals surface area contributed by atoms with Crippen LogP contribution in [0.3, 0.4) is 0 Å². The molecule has 0 amide bonds. The Balaban J connectivity index is 2.23. The van der Waals surface area contributed by atoms with Gasteiger partial charge in [-0.1, -0.05) is 0 Å². The normalized spacial score (nSPS) is 12.6. The fourth-order valence-electron chi connectivity index (χ4n) is 3.46. The monoisotopic (exact) mass is 533 g/mol. The van der Waals surface area contributed by atoms with Crippen molar-refractivity contribution in [2.24, 2.45) is 0 Å². The van der Waals surface area contributed by atoms with Gasteiger partial charge in [-0.25, -0.2) is 13.2 Å². The predicted octanol–water partition coefficient (Wildman–Crippen LogP) is 8.73. The summed E-state index contributed by atoms with van der Waals surface area (Å²) in [5.41, 5.74) is -1.86. The Hall–Kier alpha value is -2.80. The molecule has 0 aliphatic carbocycles. The lowest BCUT2D eigenvalue weighted by molar-refractivity contribution is 0.123. The van der Waals surface area contributed by atoms with Crippen molar-refractivity contribution in [1.82, 2.24) is 0 Å². The Morgan fingerprint density at radius 3 is 0.919 bits per heavy atom. The minimum atomic E-state index is -0.895. The molecule has 0 spiro atoms. The third-order valence-electron chi connectivity index (χ3n) is 4.66. The van der Waals surface area contributed by atoms with Crippen LogP contribution in [-0.2, 0) is 10.9 Å². The second kappa shape index (κ2) is 10.5. The maximum absolute atomic E-state index is 14.7. The number of hydrogen-bond acceptors (Lipinski definition) is 3. The molecule has 37 heavy (non-hydrogen) atoms. The van der Waals surface area contributed by atoms with Crippen LogP contribution in [0.4, 0.5) is 13.2 Å². The van der Waals surface area contributed by atoms with Crippen LogP contribution in [0.5, 0.6) is 17.2 Å². The number of ether oxygens (including phenoxy) is 3. The van der Waals surface area contributed by atoms with Gasteiger partial charge in [-0.3, -0.25) is 0 Å². The summed E-state index contributed by atoms with van der Waals surface area (Å²) < 4.78 is 61.8. The van der Waals surface area contributed by atoms with Crippen LogP contribution in [0.2, 0.25) is 0 Å². The van der Waals surface area contributed by atoms with Crippen LogP contribution < -0.4 is 14.2 Å². The Kier molecular flexibility index (Phi) is 8.18. The number of benzene rings is 3. The van der Waals surface area contributed by atoms with E-state index in [-0.39, 0.29) is 17.2 Å². The van der Waals surface area contributed by atoms with Gasteiger partial charge in [0.2, 0.25) is 0 Å². The van der Waals surface area contributed by atoms with E-state index in [9.17, 15) is 13.2 Å². The smallest absolute Gasteiger partial charge is 0.170 e. The van der Waals surface area contributed by atoms with Crippen LogP contribution in [0.25, 0.3) is 0 Å². The van der Waals surface area contributed by atoms with Crippen LogP contribution in [0.15, 0.2) is 69.3 Å². The molecule has 0 unspecified atom stereocenters. The van der Waals surface area contributed by atoms with E-state index in [0.29, 0.717) is 14.7 Å². The Morgan fingerprint density at radius 1 is 0.459 bits per heavy atom. The van der Waals surface area contributed by atoms with Crippen LogP contribution >= 0.6 is 0 Å². The second-order valence-corrected chi connectivity index (χ2v) is 13.8. The molecule has 200 valence electrons. The minimum Gasteiger partial charge on any atom is -0.485 e. The van der Waals surface area contributed by atoms with Crippen molar-refractivity contribution < 1.29 is 27.4 Å². The van der Waals surface area contributed by atoms with Gasteiger partial charge < -0.3 is 14.2 Å². The quantitative estimate of drug-likeness (QED) is 0.297. The molecule has 0 N–H and O–H groups in total. The van der Waals surface area contributed by atoms with Gasteiger partial charge in [0.1, 0.15) is 16.8 Å². The van der Waals surface area contributed by atoms with Gasteiger partial charge in [0, 0.05) is 18.2 Å². The van der Waals surface area contributed by atoms with E-state index < -0.39 is 45.1 Å². The Bertz CT molecular complexity index is 1100. The van der Waals surface area contributed by atoms with E-state index in [0.717, 1.165) is 0 Å². The molecule has 0 aliphatic heterocycles. The first kappa shape index (κ1) is 28.8. The first-order chi connectivity index (χ1) is 16.9. The van der Waals surface area contributed by atoms with Gasteiger partial charge in [-0.15, -0.1) is 0 Å². The summed E-state index contributed by atoms with van der Waals surface area (Å²) in [5, 5.41) is 0. The Labute approximate surface area is 221 Å². The van der Waals surface area contributed by atoms with Gasteiger partial charge in [-0.2, -0.15) is 0 Å². The molecule has 0 aromatic heterocycles. The average Bonchev–Trinajstić information content (AvgIpc) is 2.72. The molecule has 0 heterocycles. The fourth-order valence-corrected chi connectivity index (χ4v) is 5.57. The van der Waals surface area contributed by atoms with E-state index >= 15 is 0 Å². The lowest BCUT2D eigenvalue weighted by Crippen LogP contribution is -2.24. The highest BCUT2D eigenvalue weighted by molar-refractivity contribution is 7.97. The zero-order chi connectivity index (χ0) is 27.8. The largest absolute Gasteiger partial charge is 0.485 e. The molecule has 0 atom stereocenters. The SMILES string of the molecule is CC(C)(C)Oc1cc([S+](c2ccc(F)c(OC(C)(C)C)c2)c2ccc(F)c(OC(C)(C)C)c2)ccc1F. The summed E-state index contributed by atoms with van der Waals surface area (Å²) in [4.78, 5) is 2.13. The highest BCUT2D eigenvalue weighted by atomic mass is 32.2. The summed E-state index contributed by atoms with van der Waals surface area (Å²) in [5.74, 6) is -1.17. The number of rotatable bonds is 6. The first-order valence-electron chi connectivity index (χ1n) is 12.1. The van der Waals surface area contributed by atoms with Gasteiger partial charge in [0.05, 0.1) is 10.9 Å². The molecule has 7 heteroatoms. The third-order valence-corrected chi connectivity index (χ3v) is 6.84. The first-order valence-corrected chi connectivity index (χ1v) is 13.3. The van der Waals surface area contributed by atoms with Crippen molar-refractivity contribution in [3.05, 3.63) is 72.0 Å². The zero-order valence-electron chi connectivity index (χ0n) is 23.0. The summed E-state index contributed by atoms with van der Waals surface area (Å²) in [6, 6.07) is 14.0. The highest BCUT2D eigenvalue weighted by Gasteiger charge is 2.33. The van der Waals surface area contributed by atoms with Crippen molar-refractivity contribution in [2.45, 2.75) is 93.8 Å². The maximum atomic E-state index is 14.7. The molecule has 3 nitrogen and oxygen atoms in total. The minimum absolute atomic E-state index is 0.101. The van der Waals surface area contributed by atoms with Gasteiger partial charge in [-0.05, 0) is 98.7 Å². The molecule has 3 aromatic carbocycles. The molecular formula is C30H36F3O3S+. The molecular weight excluding hydrogens is 497 g/mol. The van der Waals surface area contributed by atoms with Crippen molar-refractivity contribution in [3.8, 4) is 17.2 Å². The third kappa shape index (κ3) is 8.09. The van der Waals surface area contributed by atoms with Gasteiger partial charge in [0.15, 0.2) is 49.4 Å².